The SMILES string of the molecule is Cl.NCC1CC(c2ccc(Br)cc2)C1. The van der Waals surface area contributed by atoms with Crippen molar-refractivity contribution >= 4 is 28.3 Å². The van der Waals surface area contributed by atoms with Crippen LogP contribution in [0.4, 0.5) is 0 Å². The normalized spacial score (nSPS) is 25.0. The monoisotopic (exact) mass is 275 g/mol. The van der Waals surface area contributed by atoms with Gasteiger partial charge >= 0.3 is 0 Å². The third-order valence-corrected chi connectivity index (χ3v) is 3.44. The lowest BCUT2D eigenvalue weighted by molar-refractivity contribution is 0.272. The summed E-state index contributed by atoms with van der Waals surface area (Å²) in [6, 6.07) is 8.65. The minimum Gasteiger partial charge on any atom is -0.330 e. The first-order valence-electron chi connectivity index (χ1n) is 4.75. The predicted molar refractivity (Wildman–Crippen MR) is 65.9 cm³/mol. The molecule has 0 atom stereocenters. The van der Waals surface area contributed by atoms with Gasteiger partial charge in [0.15, 0.2) is 0 Å². The number of rotatable bonds is 2. The van der Waals surface area contributed by atoms with E-state index in [0.29, 0.717) is 0 Å². The molecule has 1 nitrogen and oxygen atoms in total. The molecule has 0 amide bonds. The van der Waals surface area contributed by atoms with Gasteiger partial charge in [-0.15, -0.1) is 12.4 Å². The molecule has 0 aromatic heterocycles. The van der Waals surface area contributed by atoms with Crippen LogP contribution in [0.3, 0.4) is 0 Å². The van der Waals surface area contributed by atoms with Gasteiger partial charge in [0.25, 0.3) is 0 Å². The Morgan fingerprint density at radius 2 is 1.79 bits per heavy atom. The molecule has 0 aliphatic heterocycles. The van der Waals surface area contributed by atoms with Gasteiger partial charge in [0.05, 0.1) is 0 Å². The van der Waals surface area contributed by atoms with Crippen molar-refractivity contribution in [2.75, 3.05) is 6.54 Å². The molecule has 3 heteroatoms. The smallest absolute Gasteiger partial charge is 0.0175 e. The molecule has 0 heterocycles. The maximum Gasteiger partial charge on any atom is 0.0175 e. The first-order valence-corrected chi connectivity index (χ1v) is 5.54. The average molecular weight is 277 g/mol. The first kappa shape index (κ1) is 12.0. The van der Waals surface area contributed by atoms with E-state index in [2.05, 4.69) is 40.2 Å². The van der Waals surface area contributed by atoms with E-state index in [1.54, 1.807) is 0 Å². The van der Waals surface area contributed by atoms with Crippen LogP contribution >= 0.6 is 28.3 Å². The Bertz CT molecular complexity index is 280. The zero-order chi connectivity index (χ0) is 9.26. The second kappa shape index (κ2) is 5.15. The molecule has 0 unspecified atom stereocenters. The van der Waals surface area contributed by atoms with Gasteiger partial charge in [-0.25, -0.2) is 0 Å². The zero-order valence-corrected chi connectivity index (χ0v) is 10.4. The van der Waals surface area contributed by atoms with E-state index in [1.165, 1.54) is 18.4 Å². The molecule has 78 valence electrons. The van der Waals surface area contributed by atoms with Crippen LogP contribution in [0, 0.1) is 5.92 Å². The molecule has 0 bridgehead atoms. The van der Waals surface area contributed by atoms with Crippen LogP contribution in [-0.2, 0) is 0 Å². The van der Waals surface area contributed by atoms with Crippen LogP contribution in [0.2, 0.25) is 0 Å². The summed E-state index contributed by atoms with van der Waals surface area (Å²) < 4.78 is 1.16. The maximum absolute atomic E-state index is 5.59. The van der Waals surface area contributed by atoms with Crippen LogP contribution in [0.15, 0.2) is 28.7 Å². The van der Waals surface area contributed by atoms with E-state index in [1.807, 2.05) is 0 Å². The van der Waals surface area contributed by atoms with Gasteiger partial charge in [-0.2, -0.15) is 0 Å². The van der Waals surface area contributed by atoms with Gasteiger partial charge in [0, 0.05) is 4.47 Å². The summed E-state index contributed by atoms with van der Waals surface area (Å²) >= 11 is 3.44. The van der Waals surface area contributed by atoms with Gasteiger partial charge in [0.2, 0.25) is 0 Å². The van der Waals surface area contributed by atoms with Crippen molar-refractivity contribution in [2.45, 2.75) is 18.8 Å². The molecule has 0 spiro atoms. The van der Waals surface area contributed by atoms with E-state index < -0.39 is 0 Å². The number of hydrogen-bond donors (Lipinski definition) is 1. The summed E-state index contributed by atoms with van der Waals surface area (Å²) in [7, 11) is 0. The minimum atomic E-state index is 0. The molecule has 2 rings (SSSR count). The number of benzene rings is 1. The molecule has 1 aromatic carbocycles. The summed E-state index contributed by atoms with van der Waals surface area (Å²) in [5.74, 6) is 1.54. The Morgan fingerprint density at radius 3 is 2.29 bits per heavy atom. The largest absolute Gasteiger partial charge is 0.330 e. The number of hydrogen-bond acceptors (Lipinski definition) is 1. The lowest BCUT2D eigenvalue weighted by Crippen LogP contribution is -2.28. The van der Waals surface area contributed by atoms with Crippen molar-refractivity contribution in [3.63, 3.8) is 0 Å². The summed E-state index contributed by atoms with van der Waals surface area (Å²) in [6.45, 7) is 0.854. The van der Waals surface area contributed by atoms with Gasteiger partial charge in [-0.05, 0) is 48.9 Å². The highest BCUT2D eigenvalue weighted by atomic mass is 79.9. The molecule has 1 fully saturated rings. The number of halogens is 2. The molecular weight excluding hydrogens is 261 g/mol. The highest BCUT2D eigenvalue weighted by molar-refractivity contribution is 9.10. The molecule has 1 saturated carbocycles. The Kier molecular flexibility index (Phi) is 4.42. The second-order valence-electron chi connectivity index (χ2n) is 3.82. The van der Waals surface area contributed by atoms with Crippen molar-refractivity contribution in [1.29, 1.82) is 0 Å². The molecule has 1 aliphatic rings. The van der Waals surface area contributed by atoms with Crippen LogP contribution in [0.5, 0.6) is 0 Å². The van der Waals surface area contributed by atoms with Crippen molar-refractivity contribution in [2.24, 2.45) is 11.7 Å². The van der Waals surface area contributed by atoms with Crippen molar-refractivity contribution < 1.29 is 0 Å². The van der Waals surface area contributed by atoms with Crippen LogP contribution < -0.4 is 5.73 Å². The standard InChI is InChI=1S/C11H14BrN.ClH/c12-11-3-1-9(2-4-11)10-5-8(6-10)7-13;/h1-4,8,10H,5-7,13H2;1H. The van der Waals surface area contributed by atoms with Gasteiger partial charge in [-0.3, -0.25) is 0 Å². The second-order valence-corrected chi connectivity index (χ2v) is 4.74. The van der Waals surface area contributed by atoms with Gasteiger partial charge in [-0.1, -0.05) is 28.1 Å². The summed E-state index contributed by atoms with van der Waals surface area (Å²) in [5.41, 5.74) is 7.06. The zero-order valence-electron chi connectivity index (χ0n) is 7.95. The minimum absolute atomic E-state index is 0. The lowest BCUT2D eigenvalue weighted by Gasteiger charge is -2.34. The molecule has 1 aliphatic carbocycles. The van der Waals surface area contributed by atoms with E-state index in [-0.39, 0.29) is 12.4 Å². The van der Waals surface area contributed by atoms with E-state index in [4.69, 9.17) is 5.73 Å². The fourth-order valence-corrected chi connectivity index (χ4v) is 2.20. The molecule has 14 heavy (non-hydrogen) atoms. The summed E-state index contributed by atoms with van der Waals surface area (Å²) in [5, 5.41) is 0. The number of nitrogens with two attached hydrogens (primary N) is 1. The molecule has 0 radical (unpaired) electrons. The third kappa shape index (κ3) is 2.50. The highest BCUT2D eigenvalue weighted by Crippen LogP contribution is 2.40. The van der Waals surface area contributed by atoms with Crippen molar-refractivity contribution in [3.05, 3.63) is 34.3 Å². The lowest BCUT2D eigenvalue weighted by atomic mass is 9.71. The molecule has 0 saturated heterocycles. The van der Waals surface area contributed by atoms with E-state index >= 15 is 0 Å². The quantitative estimate of drug-likeness (QED) is 0.881. The van der Waals surface area contributed by atoms with Crippen LogP contribution in [0.1, 0.15) is 24.3 Å². The average Bonchev–Trinajstić information content (AvgIpc) is 2.06. The summed E-state index contributed by atoms with van der Waals surface area (Å²) in [4.78, 5) is 0. The van der Waals surface area contributed by atoms with Gasteiger partial charge in [0.1, 0.15) is 0 Å². The predicted octanol–water partition coefficient (Wildman–Crippen LogP) is 3.32. The fourth-order valence-electron chi connectivity index (χ4n) is 1.94. The Morgan fingerprint density at radius 1 is 1.21 bits per heavy atom. The molecule has 1 aromatic rings. The third-order valence-electron chi connectivity index (χ3n) is 2.91. The van der Waals surface area contributed by atoms with Crippen LogP contribution in [-0.4, -0.2) is 6.54 Å². The maximum atomic E-state index is 5.59. The fraction of sp³-hybridized carbons (Fsp3) is 0.455. The van der Waals surface area contributed by atoms with E-state index in [9.17, 15) is 0 Å². The highest BCUT2D eigenvalue weighted by Gasteiger charge is 2.28. The van der Waals surface area contributed by atoms with Crippen LogP contribution in [0.25, 0.3) is 0 Å². The van der Waals surface area contributed by atoms with Crippen molar-refractivity contribution in [1.82, 2.24) is 0 Å². The van der Waals surface area contributed by atoms with Crippen molar-refractivity contribution in [3.8, 4) is 0 Å². The van der Waals surface area contributed by atoms with Gasteiger partial charge < -0.3 is 5.73 Å². The Hall–Kier alpha value is -0.0500. The topological polar surface area (TPSA) is 26.0 Å². The molecule has 2 N–H and O–H groups in total. The molecular formula is C11H15BrClN. The summed E-state index contributed by atoms with van der Waals surface area (Å²) in [6.07, 6.45) is 2.55. The Labute approximate surface area is 99.6 Å². The van der Waals surface area contributed by atoms with E-state index in [0.717, 1.165) is 22.9 Å². The first-order chi connectivity index (χ1) is 6.29. The Balaban J connectivity index is 0.000000980.